The van der Waals surface area contributed by atoms with Gasteiger partial charge in [-0.1, -0.05) is 6.42 Å². The van der Waals surface area contributed by atoms with Crippen molar-refractivity contribution in [2.75, 3.05) is 18.8 Å². The standard InChI is InChI=1S/C10H17F3N2O3S/c11-10(12,13)19-7-6-15-9(18)14-5-3-1-2-4-8(16)17/h1-7H2,(H,16,17)(H2,14,15,18). The number of nitrogens with one attached hydrogen (secondary N) is 2. The zero-order chi connectivity index (χ0) is 14.7. The van der Waals surface area contributed by atoms with Crippen LogP contribution in [-0.4, -0.2) is 41.5 Å². The van der Waals surface area contributed by atoms with Crippen molar-refractivity contribution in [3.8, 4) is 0 Å². The lowest BCUT2D eigenvalue weighted by molar-refractivity contribution is -0.137. The monoisotopic (exact) mass is 302 g/mol. The summed E-state index contributed by atoms with van der Waals surface area (Å²) in [6, 6.07) is -0.513. The molecule has 2 amide bonds. The second-order valence-corrected chi connectivity index (χ2v) is 4.84. The third kappa shape index (κ3) is 14.8. The van der Waals surface area contributed by atoms with E-state index < -0.39 is 17.5 Å². The SMILES string of the molecule is O=C(O)CCCCCNC(=O)NCCSC(F)(F)F. The summed E-state index contributed by atoms with van der Waals surface area (Å²) in [5.41, 5.74) is -4.28. The third-order valence-electron chi connectivity index (χ3n) is 2.01. The maximum absolute atomic E-state index is 11.8. The van der Waals surface area contributed by atoms with Crippen molar-refractivity contribution in [2.24, 2.45) is 0 Å². The van der Waals surface area contributed by atoms with Crippen LogP contribution in [0.15, 0.2) is 0 Å². The van der Waals surface area contributed by atoms with E-state index in [1.807, 2.05) is 0 Å². The van der Waals surface area contributed by atoms with Gasteiger partial charge in [0.05, 0.1) is 0 Å². The fourth-order valence-corrected chi connectivity index (χ4v) is 1.61. The van der Waals surface area contributed by atoms with Gasteiger partial charge in [-0.05, 0) is 24.6 Å². The molecule has 0 aliphatic carbocycles. The first-order valence-corrected chi connectivity index (χ1v) is 6.74. The van der Waals surface area contributed by atoms with Crippen molar-refractivity contribution in [2.45, 2.75) is 31.2 Å². The van der Waals surface area contributed by atoms with Crippen LogP contribution in [0.25, 0.3) is 0 Å². The molecule has 0 saturated heterocycles. The Kier molecular flexibility index (Phi) is 9.19. The number of carboxylic acid groups (broad SMARTS) is 1. The highest BCUT2D eigenvalue weighted by molar-refractivity contribution is 8.00. The number of halogens is 3. The van der Waals surface area contributed by atoms with E-state index in [1.165, 1.54) is 0 Å². The van der Waals surface area contributed by atoms with Crippen LogP contribution in [0, 0.1) is 0 Å². The van der Waals surface area contributed by atoms with Crippen molar-refractivity contribution in [1.29, 1.82) is 0 Å². The van der Waals surface area contributed by atoms with Gasteiger partial charge >= 0.3 is 17.5 Å². The molecule has 0 aliphatic heterocycles. The number of alkyl halides is 3. The molecule has 0 unspecified atom stereocenters. The fraction of sp³-hybridized carbons (Fsp3) is 0.800. The Labute approximate surface area is 113 Å². The second-order valence-electron chi connectivity index (χ2n) is 3.68. The lowest BCUT2D eigenvalue weighted by Gasteiger charge is -2.08. The first-order valence-electron chi connectivity index (χ1n) is 5.75. The molecule has 0 bridgehead atoms. The zero-order valence-corrected chi connectivity index (χ0v) is 11.1. The molecule has 0 atom stereocenters. The summed E-state index contributed by atoms with van der Waals surface area (Å²) < 4.78 is 35.3. The molecule has 0 heterocycles. The van der Waals surface area contributed by atoms with E-state index in [2.05, 4.69) is 10.6 Å². The van der Waals surface area contributed by atoms with Crippen LogP contribution in [0.2, 0.25) is 0 Å². The van der Waals surface area contributed by atoms with Crippen LogP contribution < -0.4 is 10.6 Å². The summed E-state index contributed by atoms with van der Waals surface area (Å²) in [6.45, 7) is 0.312. The summed E-state index contributed by atoms with van der Waals surface area (Å²) in [7, 11) is 0. The molecule has 0 aromatic heterocycles. The number of amides is 2. The Morgan fingerprint density at radius 2 is 1.68 bits per heavy atom. The van der Waals surface area contributed by atoms with Gasteiger partial charge in [0.1, 0.15) is 0 Å². The average molecular weight is 302 g/mol. The minimum absolute atomic E-state index is 0.0605. The van der Waals surface area contributed by atoms with E-state index >= 15 is 0 Å². The van der Waals surface area contributed by atoms with Crippen LogP contribution >= 0.6 is 11.8 Å². The first kappa shape index (κ1) is 17.9. The number of carbonyl (C=O) groups excluding carboxylic acids is 1. The van der Waals surface area contributed by atoms with Crippen molar-refractivity contribution in [1.82, 2.24) is 10.6 Å². The summed E-state index contributed by atoms with van der Waals surface area (Å²) in [5, 5.41) is 13.2. The number of hydrogen-bond donors (Lipinski definition) is 3. The van der Waals surface area contributed by atoms with Crippen molar-refractivity contribution in [3.63, 3.8) is 0 Å². The highest BCUT2D eigenvalue weighted by atomic mass is 32.2. The highest BCUT2D eigenvalue weighted by Gasteiger charge is 2.27. The summed E-state index contributed by atoms with van der Waals surface area (Å²) in [6.07, 6.45) is 1.95. The molecule has 0 rings (SSSR count). The quantitative estimate of drug-likeness (QED) is 0.570. The third-order valence-corrected chi connectivity index (χ3v) is 2.74. The number of thioether (sulfide) groups is 1. The van der Waals surface area contributed by atoms with E-state index in [1.54, 1.807) is 0 Å². The van der Waals surface area contributed by atoms with Gasteiger partial charge in [0.25, 0.3) is 0 Å². The number of aliphatic carboxylic acids is 1. The zero-order valence-electron chi connectivity index (χ0n) is 10.3. The van der Waals surface area contributed by atoms with Crippen LogP contribution in [0.4, 0.5) is 18.0 Å². The van der Waals surface area contributed by atoms with Gasteiger partial charge in [-0.15, -0.1) is 0 Å². The fourth-order valence-electron chi connectivity index (χ4n) is 1.17. The van der Waals surface area contributed by atoms with E-state index in [9.17, 15) is 22.8 Å². The maximum Gasteiger partial charge on any atom is 0.441 e. The minimum atomic E-state index is -4.28. The molecule has 5 nitrogen and oxygen atoms in total. The molecule has 0 spiro atoms. The Bertz CT molecular complexity index is 288. The Morgan fingerprint density at radius 3 is 2.26 bits per heavy atom. The van der Waals surface area contributed by atoms with Gasteiger partial charge in [-0.3, -0.25) is 4.79 Å². The predicted molar refractivity (Wildman–Crippen MR) is 66.0 cm³/mol. The predicted octanol–water partition coefficient (Wildman–Crippen LogP) is 2.18. The molecular weight excluding hydrogens is 285 g/mol. The van der Waals surface area contributed by atoms with Crippen LogP contribution in [0.1, 0.15) is 25.7 Å². The lowest BCUT2D eigenvalue weighted by Crippen LogP contribution is -2.37. The number of unbranched alkanes of at least 4 members (excludes halogenated alkanes) is 2. The van der Waals surface area contributed by atoms with Gasteiger partial charge in [0.2, 0.25) is 0 Å². The van der Waals surface area contributed by atoms with Crippen LogP contribution in [0.5, 0.6) is 0 Å². The Balaban J connectivity index is 3.33. The highest BCUT2D eigenvalue weighted by Crippen LogP contribution is 2.29. The first-order chi connectivity index (χ1) is 8.81. The van der Waals surface area contributed by atoms with Crippen LogP contribution in [-0.2, 0) is 4.79 Å². The molecule has 0 radical (unpaired) electrons. The van der Waals surface area contributed by atoms with Gasteiger partial charge in [0.15, 0.2) is 0 Å². The second kappa shape index (κ2) is 9.76. The number of carbonyl (C=O) groups is 2. The van der Waals surface area contributed by atoms with E-state index in [0.717, 1.165) is 0 Å². The molecule has 19 heavy (non-hydrogen) atoms. The molecule has 3 N–H and O–H groups in total. The van der Waals surface area contributed by atoms with Crippen LogP contribution in [0.3, 0.4) is 0 Å². The topological polar surface area (TPSA) is 78.4 Å². The van der Waals surface area contributed by atoms with Gasteiger partial charge in [0, 0.05) is 25.3 Å². The molecule has 0 aliphatic rings. The van der Waals surface area contributed by atoms with E-state index in [-0.39, 0.29) is 30.5 Å². The molecular formula is C10H17F3N2O3S. The number of hydrogen-bond acceptors (Lipinski definition) is 3. The largest absolute Gasteiger partial charge is 0.481 e. The van der Waals surface area contributed by atoms with Gasteiger partial charge in [-0.2, -0.15) is 13.2 Å². The summed E-state index contributed by atoms with van der Waals surface area (Å²) >= 11 is -0.185. The Hall–Kier alpha value is -1.12. The molecule has 9 heteroatoms. The van der Waals surface area contributed by atoms with E-state index in [0.29, 0.717) is 25.8 Å². The molecule has 112 valence electrons. The van der Waals surface area contributed by atoms with Crippen molar-refractivity contribution in [3.05, 3.63) is 0 Å². The normalized spacial score (nSPS) is 11.1. The van der Waals surface area contributed by atoms with E-state index in [4.69, 9.17) is 5.11 Å². The number of urea groups is 1. The van der Waals surface area contributed by atoms with Crippen molar-refractivity contribution >= 4 is 23.8 Å². The number of carboxylic acids is 1. The molecule has 0 aromatic rings. The molecule has 0 saturated carbocycles. The molecule has 0 fully saturated rings. The lowest BCUT2D eigenvalue weighted by atomic mass is 10.2. The summed E-state index contributed by atoms with van der Waals surface area (Å²) in [5.74, 6) is -1.08. The number of rotatable bonds is 9. The smallest absolute Gasteiger partial charge is 0.441 e. The van der Waals surface area contributed by atoms with Crippen molar-refractivity contribution < 1.29 is 27.9 Å². The molecule has 0 aromatic carbocycles. The summed E-state index contributed by atoms with van der Waals surface area (Å²) in [4.78, 5) is 21.3. The minimum Gasteiger partial charge on any atom is -0.481 e. The average Bonchev–Trinajstić information content (AvgIpc) is 2.27. The maximum atomic E-state index is 11.8. The Morgan fingerprint density at radius 1 is 1.05 bits per heavy atom. The van der Waals surface area contributed by atoms with Gasteiger partial charge < -0.3 is 15.7 Å². The van der Waals surface area contributed by atoms with Gasteiger partial charge in [-0.25, -0.2) is 4.79 Å².